The third kappa shape index (κ3) is 0.960. The zero-order valence-electron chi connectivity index (χ0n) is 7.68. The zero-order chi connectivity index (χ0) is 11.7. The lowest BCUT2D eigenvalue weighted by molar-refractivity contribution is 1.34. The third-order valence-corrected chi connectivity index (χ3v) is 2.05. The first-order valence-corrected chi connectivity index (χ1v) is 4.04. The van der Waals surface area contributed by atoms with Crippen LogP contribution in [0.15, 0.2) is 32.5 Å². The van der Waals surface area contributed by atoms with Crippen LogP contribution < -0.4 is 0 Å². The highest BCUT2D eigenvalue weighted by Gasteiger charge is 2.34. The van der Waals surface area contributed by atoms with Crippen molar-refractivity contribution in [3.63, 3.8) is 0 Å². The minimum absolute atomic E-state index is 0.00972. The van der Waals surface area contributed by atoms with Crippen molar-refractivity contribution in [2.45, 2.75) is 0 Å². The van der Waals surface area contributed by atoms with E-state index in [1.165, 1.54) is 0 Å². The molecule has 2 rings (SSSR count). The number of fused-ring (bicyclic) bond motifs is 1. The first-order chi connectivity index (χ1) is 7.76. The summed E-state index contributed by atoms with van der Waals surface area (Å²) in [5, 5.41) is 35.1. The molecule has 0 fully saturated rings. The maximum absolute atomic E-state index is 8.84. The lowest BCUT2D eigenvalue weighted by atomic mass is 10.1. The van der Waals surface area contributed by atoms with Crippen molar-refractivity contribution in [1.29, 1.82) is 21.0 Å². The predicted molar refractivity (Wildman–Crippen MR) is 51.4 cm³/mol. The highest BCUT2D eigenvalue weighted by Crippen LogP contribution is 2.28. The molecule has 2 heterocycles. The number of hydrogen-bond donors (Lipinski definition) is 0. The second-order valence-electron chi connectivity index (χ2n) is 2.82. The van der Waals surface area contributed by atoms with Crippen molar-refractivity contribution in [3.05, 3.63) is 22.5 Å². The van der Waals surface area contributed by atoms with E-state index in [2.05, 4.69) is 9.98 Å². The summed E-state index contributed by atoms with van der Waals surface area (Å²) in [5.41, 5.74) is 0.173. The van der Waals surface area contributed by atoms with Gasteiger partial charge in [-0.05, 0) is 0 Å². The van der Waals surface area contributed by atoms with Crippen molar-refractivity contribution >= 4 is 11.4 Å². The Labute approximate surface area is 90.0 Å². The Balaban J connectivity index is 2.66. The van der Waals surface area contributed by atoms with Crippen LogP contribution in [0.4, 0.5) is 0 Å². The van der Waals surface area contributed by atoms with Crippen LogP contribution in [0, 0.1) is 45.3 Å². The molecule has 6 heteroatoms. The van der Waals surface area contributed by atoms with Gasteiger partial charge in [0.1, 0.15) is 46.8 Å². The van der Waals surface area contributed by atoms with Crippen molar-refractivity contribution in [2.24, 2.45) is 9.98 Å². The standard InChI is InChI=1S/C10N6/c11-1-5-7(3-13)15-10-6(2-12)8(4-14)16-9(5)10. The fraction of sp³-hybridized carbons (Fsp3) is 0. The molecule has 70 valence electrons. The molecule has 0 saturated carbocycles. The Morgan fingerprint density at radius 1 is 0.625 bits per heavy atom. The predicted octanol–water partition coefficient (Wildman–Crippen LogP) is 0.498. The average Bonchev–Trinajstić information content (AvgIpc) is 2.82. The molecule has 16 heavy (non-hydrogen) atoms. The van der Waals surface area contributed by atoms with Gasteiger partial charge in [0, 0.05) is 0 Å². The minimum Gasteiger partial charge on any atom is -0.232 e. The van der Waals surface area contributed by atoms with Crippen LogP contribution in [-0.2, 0) is 0 Å². The van der Waals surface area contributed by atoms with Crippen molar-refractivity contribution in [3.8, 4) is 24.3 Å². The number of rotatable bonds is 0. The molecule has 2 aliphatic rings. The first-order valence-electron chi connectivity index (χ1n) is 4.04. The summed E-state index contributed by atoms with van der Waals surface area (Å²) in [5.74, 6) is 0. The van der Waals surface area contributed by atoms with Gasteiger partial charge in [-0.1, -0.05) is 0 Å². The number of nitrogens with zero attached hydrogens (tertiary/aromatic N) is 6. The Morgan fingerprint density at radius 3 is 1.25 bits per heavy atom. The normalized spacial score (nSPS) is 16.8. The molecular weight excluding hydrogens is 204 g/mol. The Hall–Kier alpha value is -3.22. The number of hydrogen-bond acceptors (Lipinski definition) is 6. The second kappa shape index (κ2) is 3.17. The topological polar surface area (TPSA) is 120 Å². The van der Waals surface area contributed by atoms with E-state index >= 15 is 0 Å². The van der Waals surface area contributed by atoms with E-state index in [-0.39, 0.29) is 34.0 Å². The van der Waals surface area contributed by atoms with Gasteiger partial charge in [-0.3, -0.25) is 0 Å². The molecule has 0 amide bonds. The van der Waals surface area contributed by atoms with Gasteiger partial charge in [-0.25, -0.2) is 9.98 Å². The monoisotopic (exact) mass is 204 g/mol. The van der Waals surface area contributed by atoms with E-state index < -0.39 is 0 Å². The largest absolute Gasteiger partial charge is 0.232 e. The van der Waals surface area contributed by atoms with E-state index in [1.807, 2.05) is 0 Å². The Bertz CT molecular complexity index is 594. The van der Waals surface area contributed by atoms with Gasteiger partial charge >= 0.3 is 0 Å². The molecule has 0 aromatic heterocycles. The van der Waals surface area contributed by atoms with Crippen LogP contribution in [0.3, 0.4) is 0 Å². The van der Waals surface area contributed by atoms with E-state index in [0.717, 1.165) is 0 Å². The summed E-state index contributed by atoms with van der Waals surface area (Å²) < 4.78 is 0. The minimum atomic E-state index is -0.0685. The summed E-state index contributed by atoms with van der Waals surface area (Å²) in [6.45, 7) is 0. The van der Waals surface area contributed by atoms with E-state index in [1.54, 1.807) is 24.3 Å². The van der Waals surface area contributed by atoms with Gasteiger partial charge in [-0.15, -0.1) is 0 Å². The molecule has 6 nitrogen and oxygen atoms in total. The Morgan fingerprint density at radius 2 is 1.00 bits per heavy atom. The first kappa shape index (κ1) is 9.34. The fourth-order valence-electron chi connectivity index (χ4n) is 1.39. The summed E-state index contributed by atoms with van der Waals surface area (Å²) in [6, 6.07) is 7.07. The maximum atomic E-state index is 8.84. The van der Waals surface area contributed by atoms with Gasteiger partial charge in [0.05, 0.1) is 0 Å². The molecule has 0 aromatic rings. The van der Waals surface area contributed by atoms with Gasteiger partial charge in [0.15, 0.2) is 11.4 Å². The molecule has 0 aromatic carbocycles. The van der Waals surface area contributed by atoms with Crippen LogP contribution in [0.25, 0.3) is 0 Å². The molecule has 0 radical (unpaired) electrons. The number of aliphatic imine (C=N–C) groups is 2. The molecule has 0 aliphatic carbocycles. The lowest BCUT2D eigenvalue weighted by Crippen LogP contribution is -2.09. The molecule has 0 saturated heterocycles. The molecule has 0 unspecified atom stereocenters. The van der Waals surface area contributed by atoms with Crippen LogP contribution in [-0.4, -0.2) is 11.4 Å². The molecule has 0 atom stereocenters. The summed E-state index contributed by atoms with van der Waals surface area (Å²) in [7, 11) is 0. The average molecular weight is 204 g/mol. The quantitative estimate of drug-likeness (QED) is 0.570. The van der Waals surface area contributed by atoms with Gasteiger partial charge in [0.2, 0.25) is 0 Å². The van der Waals surface area contributed by atoms with Crippen LogP contribution in [0.2, 0.25) is 0 Å². The highest BCUT2D eigenvalue weighted by molar-refractivity contribution is 6.59. The van der Waals surface area contributed by atoms with Crippen molar-refractivity contribution in [1.82, 2.24) is 0 Å². The fourth-order valence-corrected chi connectivity index (χ4v) is 1.39. The molecular formula is C10N6. The van der Waals surface area contributed by atoms with Crippen LogP contribution in [0.5, 0.6) is 0 Å². The Kier molecular flexibility index (Phi) is 1.85. The second-order valence-corrected chi connectivity index (χ2v) is 2.82. The molecule has 0 N–H and O–H groups in total. The highest BCUT2D eigenvalue weighted by atomic mass is 14.9. The van der Waals surface area contributed by atoms with E-state index in [0.29, 0.717) is 0 Å². The van der Waals surface area contributed by atoms with Crippen molar-refractivity contribution < 1.29 is 0 Å². The maximum Gasteiger partial charge on any atom is 0.161 e. The van der Waals surface area contributed by atoms with Gasteiger partial charge < -0.3 is 0 Å². The molecule has 0 bridgehead atoms. The van der Waals surface area contributed by atoms with Gasteiger partial charge in [0.25, 0.3) is 0 Å². The SMILES string of the molecule is N#CC1=C(C#N)C2=NC(C#N)=C(C#N)C2=N1. The van der Waals surface area contributed by atoms with E-state index in [9.17, 15) is 0 Å². The molecule has 0 spiro atoms. The van der Waals surface area contributed by atoms with E-state index in [4.69, 9.17) is 21.0 Å². The van der Waals surface area contributed by atoms with Gasteiger partial charge in [-0.2, -0.15) is 21.0 Å². The summed E-state index contributed by atoms with van der Waals surface area (Å²) in [6.07, 6.45) is 0. The summed E-state index contributed by atoms with van der Waals surface area (Å²) >= 11 is 0. The van der Waals surface area contributed by atoms with Crippen molar-refractivity contribution in [2.75, 3.05) is 0 Å². The van der Waals surface area contributed by atoms with Crippen LogP contribution >= 0.6 is 0 Å². The number of allylic oxidation sites excluding steroid dienone is 4. The van der Waals surface area contributed by atoms with Crippen LogP contribution in [0.1, 0.15) is 0 Å². The third-order valence-electron chi connectivity index (χ3n) is 2.05. The zero-order valence-corrected chi connectivity index (χ0v) is 7.68. The molecule has 2 aliphatic heterocycles. The smallest absolute Gasteiger partial charge is 0.161 e. The number of nitriles is 4. The summed E-state index contributed by atoms with van der Waals surface area (Å²) in [4.78, 5) is 7.64. The lowest BCUT2D eigenvalue weighted by Gasteiger charge is -1.89.